The Bertz CT molecular complexity index is 901. The van der Waals surface area contributed by atoms with E-state index in [1.807, 2.05) is 0 Å². The molecular weight excluding hydrogens is 444 g/mol. The van der Waals surface area contributed by atoms with Gasteiger partial charge in [-0.3, -0.25) is 44.4 Å². The summed E-state index contributed by atoms with van der Waals surface area (Å²) < 4.78 is 0. The van der Waals surface area contributed by atoms with Crippen LogP contribution in [0.5, 0.6) is 0 Å². The summed E-state index contributed by atoms with van der Waals surface area (Å²) in [6.07, 6.45) is -0.908. The van der Waals surface area contributed by atoms with Crippen molar-refractivity contribution in [2.24, 2.45) is 5.73 Å². The van der Waals surface area contributed by atoms with E-state index in [2.05, 4.69) is 5.32 Å². The molecule has 0 atom stereocenters. The minimum absolute atomic E-state index is 0.139. The molecule has 0 aliphatic rings. The summed E-state index contributed by atoms with van der Waals surface area (Å²) in [6.45, 7) is -0.654. The number of carbonyl (C=O) groups excluding carboxylic acids is 6. The number of hydrogen-bond acceptors (Lipinski definition) is 9. The Morgan fingerprint density at radius 2 is 1.18 bits per heavy atom. The van der Waals surface area contributed by atoms with Gasteiger partial charge in [0.15, 0.2) is 0 Å². The zero-order valence-electron chi connectivity index (χ0n) is 17.3. The van der Waals surface area contributed by atoms with Gasteiger partial charge in [0.25, 0.3) is 11.8 Å². The van der Waals surface area contributed by atoms with E-state index in [-0.39, 0.29) is 55.6 Å². The highest BCUT2D eigenvalue weighted by atomic mass is 16.5. The van der Waals surface area contributed by atoms with Crippen LogP contribution in [-0.4, -0.2) is 75.6 Å². The lowest BCUT2D eigenvalue weighted by atomic mass is 10.0. The van der Waals surface area contributed by atoms with Gasteiger partial charge in [0.1, 0.15) is 0 Å². The van der Waals surface area contributed by atoms with Gasteiger partial charge in [0.05, 0.1) is 0 Å². The van der Waals surface area contributed by atoms with E-state index in [0.29, 0.717) is 0 Å². The van der Waals surface area contributed by atoms with E-state index in [4.69, 9.17) is 21.4 Å². The first-order valence-electron chi connectivity index (χ1n) is 9.44. The molecule has 9 N–H and O–H groups in total. The van der Waals surface area contributed by atoms with Gasteiger partial charge in [-0.2, -0.15) is 0 Å². The van der Waals surface area contributed by atoms with Gasteiger partial charge < -0.3 is 16.0 Å². The standard InChI is InChI=1S/C18H24N6O9/c19-16(28)10-7-11(17(29)20-4-1-13(25)21-31)9-12(8-10)18(30)24(5-2-14(26)22-32)6-3-15(27)23-33/h7-9,31-33H,1-6H2,(H2,19,28)(H,20,29)(H,21,25)(H,22,26)(H,23,27). The van der Waals surface area contributed by atoms with Gasteiger partial charge in [-0.05, 0) is 18.2 Å². The van der Waals surface area contributed by atoms with Crippen molar-refractivity contribution < 1.29 is 44.4 Å². The zero-order valence-corrected chi connectivity index (χ0v) is 17.3. The van der Waals surface area contributed by atoms with E-state index in [1.54, 1.807) is 0 Å². The average Bonchev–Trinajstić information content (AvgIpc) is 2.82. The van der Waals surface area contributed by atoms with Crippen molar-refractivity contribution in [3.05, 3.63) is 34.9 Å². The average molecular weight is 468 g/mol. The van der Waals surface area contributed by atoms with Crippen LogP contribution in [0.25, 0.3) is 0 Å². The fourth-order valence-corrected chi connectivity index (χ4v) is 2.55. The Hall–Kier alpha value is -4.08. The van der Waals surface area contributed by atoms with Crippen molar-refractivity contribution in [3.63, 3.8) is 0 Å². The molecule has 0 saturated heterocycles. The quantitative estimate of drug-likeness (QED) is 0.121. The molecule has 0 heterocycles. The van der Waals surface area contributed by atoms with Gasteiger partial charge >= 0.3 is 0 Å². The number of nitrogens with one attached hydrogen (secondary N) is 4. The molecule has 0 spiro atoms. The first-order valence-corrected chi connectivity index (χ1v) is 9.44. The third-order valence-corrected chi connectivity index (χ3v) is 4.24. The van der Waals surface area contributed by atoms with Crippen molar-refractivity contribution >= 4 is 35.4 Å². The van der Waals surface area contributed by atoms with Crippen LogP contribution in [0.2, 0.25) is 0 Å². The Morgan fingerprint density at radius 3 is 1.67 bits per heavy atom. The minimum Gasteiger partial charge on any atom is -0.366 e. The number of amides is 6. The number of hydrogen-bond donors (Lipinski definition) is 8. The second kappa shape index (κ2) is 13.4. The number of benzene rings is 1. The second-order valence-corrected chi connectivity index (χ2v) is 6.57. The van der Waals surface area contributed by atoms with Crippen molar-refractivity contribution in [3.8, 4) is 0 Å². The number of rotatable bonds is 12. The van der Waals surface area contributed by atoms with Crippen LogP contribution in [0.15, 0.2) is 18.2 Å². The SMILES string of the molecule is NC(=O)c1cc(C(=O)NCCC(=O)NO)cc(C(=O)N(CCC(=O)NO)CCC(=O)NO)c1. The summed E-state index contributed by atoms with van der Waals surface area (Å²) in [4.78, 5) is 71.9. The van der Waals surface area contributed by atoms with Gasteiger partial charge in [0.2, 0.25) is 23.6 Å². The molecule has 0 radical (unpaired) electrons. The summed E-state index contributed by atoms with van der Waals surface area (Å²) in [6, 6.07) is 3.39. The van der Waals surface area contributed by atoms with Crippen molar-refractivity contribution in [1.82, 2.24) is 26.7 Å². The maximum atomic E-state index is 13.0. The van der Waals surface area contributed by atoms with Crippen LogP contribution in [0, 0.1) is 0 Å². The number of carbonyl (C=O) groups is 6. The van der Waals surface area contributed by atoms with Crippen LogP contribution in [-0.2, 0) is 14.4 Å². The Balaban J connectivity index is 3.17. The molecule has 15 heteroatoms. The van der Waals surface area contributed by atoms with Crippen LogP contribution in [0.4, 0.5) is 0 Å². The van der Waals surface area contributed by atoms with E-state index in [0.717, 1.165) is 23.1 Å². The largest absolute Gasteiger partial charge is 0.366 e. The maximum Gasteiger partial charge on any atom is 0.253 e. The van der Waals surface area contributed by atoms with E-state index >= 15 is 0 Å². The molecule has 0 bridgehead atoms. The summed E-state index contributed by atoms with van der Waals surface area (Å²) in [5.41, 5.74) is 8.99. The lowest BCUT2D eigenvalue weighted by Crippen LogP contribution is -2.37. The molecule has 33 heavy (non-hydrogen) atoms. The predicted molar refractivity (Wildman–Crippen MR) is 107 cm³/mol. The fraction of sp³-hybridized carbons (Fsp3) is 0.333. The second-order valence-electron chi connectivity index (χ2n) is 6.57. The summed E-state index contributed by atoms with van der Waals surface area (Å²) in [5, 5.41) is 28.1. The van der Waals surface area contributed by atoms with Gasteiger partial charge in [-0.25, -0.2) is 16.4 Å². The first kappa shape index (κ1) is 27.0. The van der Waals surface area contributed by atoms with E-state index < -0.39 is 35.4 Å². The molecule has 0 unspecified atom stereocenters. The third kappa shape index (κ3) is 8.90. The molecule has 0 aromatic heterocycles. The number of hydroxylamine groups is 3. The summed E-state index contributed by atoms with van der Waals surface area (Å²) in [5.74, 6) is -4.82. The van der Waals surface area contributed by atoms with E-state index in [9.17, 15) is 28.8 Å². The topological polar surface area (TPSA) is 240 Å². The van der Waals surface area contributed by atoms with Crippen molar-refractivity contribution in [1.29, 1.82) is 0 Å². The van der Waals surface area contributed by atoms with E-state index in [1.165, 1.54) is 16.4 Å². The third-order valence-electron chi connectivity index (χ3n) is 4.24. The van der Waals surface area contributed by atoms with Crippen LogP contribution >= 0.6 is 0 Å². The highest BCUT2D eigenvalue weighted by Gasteiger charge is 2.21. The van der Waals surface area contributed by atoms with Crippen molar-refractivity contribution in [2.75, 3.05) is 19.6 Å². The highest BCUT2D eigenvalue weighted by molar-refractivity contribution is 6.04. The Labute approximate surface area is 186 Å². The fourth-order valence-electron chi connectivity index (χ4n) is 2.55. The molecule has 1 rings (SSSR count). The monoisotopic (exact) mass is 468 g/mol. The summed E-state index contributed by atoms with van der Waals surface area (Å²) >= 11 is 0. The minimum atomic E-state index is -0.941. The first-order chi connectivity index (χ1) is 15.6. The zero-order chi connectivity index (χ0) is 25.0. The lowest BCUT2D eigenvalue weighted by molar-refractivity contribution is -0.130. The molecule has 15 nitrogen and oxygen atoms in total. The van der Waals surface area contributed by atoms with Gasteiger partial charge in [-0.15, -0.1) is 0 Å². The number of primary amides is 1. The Kier molecular flexibility index (Phi) is 10.9. The molecule has 6 amide bonds. The van der Waals surface area contributed by atoms with Crippen LogP contribution in [0.3, 0.4) is 0 Å². The number of nitrogens with two attached hydrogens (primary N) is 1. The van der Waals surface area contributed by atoms with Crippen LogP contribution in [0.1, 0.15) is 50.3 Å². The molecular formula is C18H24N6O9. The molecule has 1 aromatic rings. The normalized spacial score (nSPS) is 10.0. The molecule has 180 valence electrons. The molecule has 0 aliphatic carbocycles. The maximum absolute atomic E-state index is 13.0. The predicted octanol–water partition coefficient (Wildman–Crippen LogP) is -2.36. The lowest BCUT2D eigenvalue weighted by Gasteiger charge is -2.22. The number of nitrogens with zero attached hydrogens (tertiary/aromatic N) is 1. The molecule has 0 aliphatic heterocycles. The highest BCUT2D eigenvalue weighted by Crippen LogP contribution is 2.14. The van der Waals surface area contributed by atoms with Gasteiger partial charge in [0, 0.05) is 55.6 Å². The smallest absolute Gasteiger partial charge is 0.253 e. The molecule has 0 fully saturated rings. The van der Waals surface area contributed by atoms with Crippen molar-refractivity contribution in [2.45, 2.75) is 19.3 Å². The summed E-state index contributed by atoms with van der Waals surface area (Å²) in [7, 11) is 0. The van der Waals surface area contributed by atoms with Gasteiger partial charge in [-0.1, -0.05) is 0 Å². The van der Waals surface area contributed by atoms with Crippen LogP contribution < -0.4 is 27.5 Å². The molecule has 1 aromatic carbocycles. The Morgan fingerprint density at radius 1 is 0.727 bits per heavy atom. The molecule has 0 saturated carbocycles.